The van der Waals surface area contributed by atoms with Gasteiger partial charge in [-0.3, -0.25) is 4.79 Å². The summed E-state index contributed by atoms with van der Waals surface area (Å²) in [7, 11) is 4.22. The van der Waals surface area contributed by atoms with E-state index in [-0.39, 0.29) is 5.56 Å². The summed E-state index contributed by atoms with van der Waals surface area (Å²) in [6.07, 6.45) is 0. The molecule has 0 atom stereocenters. The molecule has 0 aliphatic rings. The number of hydrogen-bond donors (Lipinski definition) is 1. The Morgan fingerprint density at radius 3 is 2.04 bits per heavy atom. The van der Waals surface area contributed by atoms with Crippen molar-refractivity contribution in [2.75, 3.05) is 33.3 Å². The van der Waals surface area contributed by atoms with E-state index in [2.05, 4.69) is 10.1 Å². The molecular weight excluding hydrogens is 354 g/mol. The Labute approximate surface area is 156 Å². The maximum Gasteiger partial charge on any atom is 0.338 e. The van der Waals surface area contributed by atoms with Crippen LogP contribution in [0.15, 0.2) is 42.5 Å². The second kappa shape index (κ2) is 9.23. The van der Waals surface area contributed by atoms with Crippen LogP contribution in [0.1, 0.15) is 20.7 Å². The molecule has 2 aromatic carbocycles. The summed E-state index contributed by atoms with van der Waals surface area (Å²) in [4.78, 5) is 35.4. The molecule has 27 heavy (non-hydrogen) atoms. The van der Waals surface area contributed by atoms with Crippen molar-refractivity contribution in [3.8, 4) is 11.5 Å². The zero-order valence-electron chi connectivity index (χ0n) is 15.1. The van der Waals surface area contributed by atoms with Gasteiger partial charge in [0.05, 0.1) is 32.5 Å². The fraction of sp³-hybridized carbons (Fsp3) is 0.211. The molecule has 1 amide bonds. The molecule has 0 aliphatic carbocycles. The van der Waals surface area contributed by atoms with Crippen LogP contribution in [-0.4, -0.2) is 45.8 Å². The second-order valence-electron chi connectivity index (χ2n) is 5.26. The minimum Gasteiger partial charge on any atom is -0.493 e. The standard InChI is InChI=1S/C19H19NO7/c1-24-15-9-6-13(10-16(15)25-2)19(23)27-11-17(21)20-14-7-4-12(5-8-14)18(22)26-3/h4-10H,11H2,1-3H3,(H,20,21). The lowest BCUT2D eigenvalue weighted by Gasteiger charge is -2.10. The van der Waals surface area contributed by atoms with Crippen LogP contribution in [0.25, 0.3) is 0 Å². The van der Waals surface area contributed by atoms with E-state index in [0.29, 0.717) is 22.7 Å². The van der Waals surface area contributed by atoms with Crippen LogP contribution < -0.4 is 14.8 Å². The Balaban J connectivity index is 1.91. The summed E-state index contributed by atoms with van der Waals surface area (Å²) in [5, 5.41) is 2.56. The molecule has 0 heterocycles. The van der Waals surface area contributed by atoms with Crippen LogP contribution in [0, 0.1) is 0 Å². The van der Waals surface area contributed by atoms with E-state index in [1.54, 1.807) is 18.2 Å². The van der Waals surface area contributed by atoms with Crippen molar-refractivity contribution in [1.82, 2.24) is 0 Å². The van der Waals surface area contributed by atoms with Gasteiger partial charge in [0.15, 0.2) is 18.1 Å². The van der Waals surface area contributed by atoms with Crippen LogP contribution in [0.3, 0.4) is 0 Å². The molecule has 2 rings (SSSR count). The van der Waals surface area contributed by atoms with Gasteiger partial charge in [0.1, 0.15) is 0 Å². The first-order chi connectivity index (χ1) is 13.0. The van der Waals surface area contributed by atoms with Crippen LogP contribution in [-0.2, 0) is 14.3 Å². The third-order valence-corrected chi connectivity index (χ3v) is 3.54. The van der Waals surface area contributed by atoms with E-state index in [4.69, 9.17) is 14.2 Å². The van der Waals surface area contributed by atoms with Gasteiger partial charge < -0.3 is 24.3 Å². The molecule has 0 spiro atoms. The highest BCUT2D eigenvalue weighted by Crippen LogP contribution is 2.27. The van der Waals surface area contributed by atoms with Gasteiger partial charge in [-0.05, 0) is 42.5 Å². The fourth-order valence-electron chi connectivity index (χ4n) is 2.18. The van der Waals surface area contributed by atoms with E-state index in [0.717, 1.165) is 0 Å². The number of carbonyl (C=O) groups excluding carboxylic acids is 3. The second-order valence-corrected chi connectivity index (χ2v) is 5.26. The molecule has 0 fully saturated rings. The van der Waals surface area contributed by atoms with Gasteiger partial charge >= 0.3 is 11.9 Å². The molecule has 0 saturated carbocycles. The number of rotatable bonds is 7. The molecular formula is C19H19NO7. The lowest BCUT2D eigenvalue weighted by atomic mass is 10.2. The van der Waals surface area contributed by atoms with Crippen LogP contribution in [0.5, 0.6) is 11.5 Å². The van der Waals surface area contributed by atoms with Crippen LogP contribution in [0.2, 0.25) is 0 Å². The van der Waals surface area contributed by atoms with Crippen molar-refractivity contribution in [2.24, 2.45) is 0 Å². The summed E-state index contributed by atoms with van der Waals surface area (Å²) in [5.41, 5.74) is 1.04. The van der Waals surface area contributed by atoms with Crippen molar-refractivity contribution in [3.63, 3.8) is 0 Å². The number of benzene rings is 2. The summed E-state index contributed by atoms with van der Waals surface area (Å²) < 4.78 is 19.8. The van der Waals surface area contributed by atoms with Gasteiger partial charge in [-0.1, -0.05) is 0 Å². The third kappa shape index (κ3) is 5.21. The lowest BCUT2D eigenvalue weighted by Crippen LogP contribution is -2.21. The minimum absolute atomic E-state index is 0.225. The van der Waals surface area contributed by atoms with E-state index < -0.39 is 24.5 Å². The fourth-order valence-corrected chi connectivity index (χ4v) is 2.18. The Kier molecular flexibility index (Phi) is 6.76. The van der Waals surface area contributed by atoms with E-state index in [1.807, 2.05) is 0 Å². The number of esters is 2. The van der Waals surface area contributed by atoms with Gasteiger partial charge in [0.2, 0.25) is 0 Å². The smallest absolute Gasteiger partial charge is 0.338 e. The van der Waals surface area contributed by atoms with Crippen molar-refractivity contribution >= 4 is 23.5 Å². The highest BCUT2D eigenvalue weighted by Gasteiger charge is 2.14. The molecule has 0 aliphatic heterocycles. The summed E-state index contributed by atoms with van der Waals surface area (Å²) >= 11 is 0. The molecule has 0 unspecified atom stereocenters. The van der Waals surface area contributed by atoms with Crippen molar-refractivity contribution in [2.45, 2.75) is 0 Å². The number of carbonyl (C=O) groups is 3. The zero-order chi connectivity index (χ0) is 19.8. The first kappa shape index (κ1) is 19.8. The van der Waals surface area contributed by atoms with Gasteiger partial charge in [-0.2, -0.15) is 0 Å². The largest absolute Gasteiger partial charge is 0.493 e. The van der Waals surface area contributed by atoms with Crippen LogP contribution >= 0.6 is 0 Å². The quantitative estimate of drug-likeness (QED) is 0.743. The van der Waals surface area contributed by atoms with Crippen molar-refractivity contribution in [3.05, 3.63) is 53.6 Å². The number of hydrogen-bond acceptors (Lipinski definition) is 7. The molecule has 0 aromatic heterocycles. The molecule has 2 aromatic rings. The average molecular weight is 373 g/mol. The molecule has 1 N–H and O–H groups in total. The first-order valence-electron chi connectivity index (χ1n) is 7.86. The highest BCUT2D eigenvalue weighted by atomic mass is 16.5. The predicted octanol–water partition coefficient (Wildman–Crippen LogP) is 2.29. The molecule has 8 nitrogen and oxygen atoms in total. The van der Waals surface area contributed by atoms with E-state index >= 15 is 0 Å². The SMILES string of the molecule is COC(=O)c1ccc(NC(=O)COC(=O)c2ccc(OC)c(OC)c2)cc1. The third-order valence-electron chi connectivity index (χ3n) is 3.54. The number of methoxy groups -OCH3 is 3. The summed E-state index contributed by atoms with van der Waals surface area (Å²) in [6.45, 7) is -0.466. The van der Waals surface area contributed by atoms with E-state index in [9.17, 15) is 14.4 Å². The van der Waals surface area contributed by atoms with Crippen molar-refractivity contribution in [1.29, 1.82) is 0 Å². The molecule has 0 saturated heterocycles. The molecule has 8 heteroatoms. The minimum atomic E-state index is -0.674. The maximum absolute atomic E-state index is 12.1. The Bertz CT molecular complexity index is 830. The van der Waals surface area contributed by atoms with Gasteiger partial charge in [0.25, 0.3) is 5.91 Å². The van der Waals surface area contributed by atoms with Gasteiger partial charge in [-0.15, -0.1) is 0 Å². The van der Waals surface area contributed by atoms with E-state index in [1.165, 1.54) is 45.6 Å². The predicted molar refractivity (Wildman–Crippen MR) is 96.2 cm³/mol. The highest BCUT2D eigenvalue weighted by molar-refractivity contribution is 5.96. The number of amides is 1. The Morgan fingerprint density at radius 2 is 1.44 bits per heavy atom. The van der Waals surface area contributed by atoms with Gasteiger partial charge in [0, 0.05) is 5.69 Å². The van der Waals surface area contributed by atoms with Gasteiger partial charge in [-0.25, -0.2) is 9.59 Å². The maximum atomic E-state index is 12.1. The average Bonchev–Trinajstić information content (AvgIpc) is 2.71. The molecule has 0 bridgehead atoms. The monoisotopic (exact) mass is 373 g/mol. The summed E-state index contributed by atoms with van der Waals surface area (Å²) in [5.74, 6) is -0.817. The topological polar surface area (TPSA) is 100 Å². The molecule has 0 radical (unpaired) electrons. The lowest BCUT2D eigenvalue weighted by molar-refractivity contribution is -0.119. The van der Waals surface area contributed by atoms with Crippen LogP contribution in [0.4, 0.5) is 5.69 Å². The zero-order valence-corrected chi connectivity index (χ0v) is 15.1. The Morgan fingerprint density at radius 1 is 0.815 bits per heavy atom. The first-order valence-corrected chi connectivity index (χ1v) is 7.86. The number of ether oxygens (including phenoxy) is 4. The summed E-state index contributed by atoms with van der Waals surface area (Å²) in [6, 6.07) is 10.6. The Hall–Kier alpha value is -3.55. The van der Waals surface area contributed by atoms with Crippen molar-refractivity contribution < 1.29 is 33.3 Å². The molecule has 142 valence electrons. The number of nitrogens with one attached hydrogen (secondary N) is 1. The normalized spacial score (nSPS) is 9.89. The number of anilines is 1.